The number of aryl methyl sites for hydroxylation is 1. The van der Waals surface area contributed by atoms with Crippen molar-refractivity contribution >= 4 is 39.9 Å². The Balaban J connectivity index is 1.81. The van der Waals surface area contributed by atoms with Crippen LogP contribution in [0.5, 0.6) is 17.2 Å². The van der Waals surface area contributed by atoms with Crippen LogP contribution in [0, 0.1) is 11.8 Å². The molecule has 1 aliphatic carbocycles. The van der Waals surface area contributed by atoms with Crippen molar-refractivity contribution in [2.45, 2.75) is 72.4 Å². The van der Waals surface area contributed by atoms with Crippen LogP contribution in [0.1, 0.15) is 80.0 Å². The number of fused-ring (bicyclic) bond motifs is 3. The minimum absolute atomic E-state index is 0.182. The molecule has 0 bridgehead atoms. The van der Waals surface area contributed by atoms with Crippen molar-refractivity contribution in [3.8, 4) is 28.4 Å². The SMILES string of the molecule is CC[C@H](C)[C@@H](Nc1ccc2c(cc1=O)[C@H](NC(C)=O)CCc1cc(OC)c(OC)c(OC)c1-2)C(=O)Nc1nc(C(=O)OC)c(CC(C)C)s1. The number of amides is 2. The summed E-state index contributed by atoms with van der Waals surface area (Å²) in [4.78, 5) is 57.7. The summed E-state index contributed by atoms with van der Waals surface area (Å²) in [5, 5.41) is 9.36. The molecule has 12 nitrogen and oxygen atoms in total. The summed E-state index contributed by atoms with van der Waals surface area (Å²) in [7, 11) is 5.92. The van der Waals surface area contributed by atoms with Gasteiger partial charge in [0.15, 0.2) is 22.3 Å². The van der Waals surface area contributed by atoms with Crippen molar-refractivity contribution in [1.82, 2.24) is 10.3 Å². The summed E-state index contributed by atoms with van der Waals surface area (Å²) in [5.41, 5.74) is 2.94. The number of hydrogen-bond donors (Lipinski definition) is 3. The lowest BCUT2D eigenvalue weighted by atomic mass is 9.95. The van der Waals surface area contributed by atoms with E-state index in [4.69, 9.17) is 18.9 Å². The second-order valence-electron chi connectivity index (χ2n) is 12.5. The van der Waals surface area contributed by atoms with Gasteiger partial charge in [-0.1, -0.05) is 40.2 Å². The zero-order valence-electron chi connectivity index (χ0n) is 29.6. The third-order valence-electron chi connectivity index (χ3n) is 8.62. The van der Waals surface area contributed by atoms with Crippen molar-refractivity contribution < 1.29 is 33.3 Å². The molecule has 0 saturated carbocycles. The van der Waals surface area contributed by atoms with Gasteiger partial charge >= 0.3 is 5.97 Å². The van der Waals surface area contributed by atoms with E-state index < -0.39 is 24.0 Å². The molecule has 1 aromatic heterocycles. The van der Waals surface area contributed by atoms with E-state index in [2.05, 4.69) is 20.9 Å². The standard InChI is InChI=1S/C36H46N4O8S/c1-10-19(4)30(34(43)40-36-39-31(35(44)48-9)28(49-36)15-18(2)3)38-25-14-12-22-23(17-26(25)42)24(37-20(5)41)13-11-21-16-27(45-6)32(46-7)33(47-8)29(21)22/h12,14,16-19,24,30H,10-11,13,15H2,1-9H3,(H,37,41)(H,38,42)(H,39,40,43)/t19-,24+,30+/m0/s1. The van der Waals surface area contributed by atoms with Gasteiger partial charge in [-0.15, -0.1) is 11.3 Å². The van der Waals surface area contributed by atoms with Crippen LogP contribution in [-0.2, 0) is 27.2 Å². The van der Waals surface area contributed by atoms with Gasteiger partial charge in [0, 0.05) is 17.4 Å². The number of carbonyl (C=O) groups is 3. The molecule has 0 fully saturated rings. The third kappa shape index (κ3) is 8.15. The highest BCUT2D eigenvalue weighted by molar-refractivity contribution is 7.16. The molecule has 264 valence electrons. The number of thiazole rings is 1. The first-order valence-electron chi connectivity index (χ1n) is 16.3. The average molecular weight is 695 g/mol. The highest BCUT2D eigenvalue weighted by atomic mass is 32.1. The normalized spacial score (nSPS) is 14.8. The fourth-order valence-electron chi connectivity index (χ4n) is 6.05. The van der Waals surface area contributed by atoms with Crippen LogP contribution in [0.25, 0.3) is 11.1 Å². The summed E-state index contributed by atoms with van der Waals surface area (Å²) in [6.45, 7) is 9.38. The lowest BCUT2D eigenvalue weighted by Crippen LogP contribution is -2.40. The van der Waals surface area contributed by atoms with Crippen molar-refractivity contribution in [2.24, 2.45) is 11.8 Å². The highest BCUT2D eigenvalue weighted by Gasteiger charge is 2.31. The summed E-state index contributed by atoms with van der Waals surface area (Å²) in [6, 6.07) is 5.56. The summed E-state index contributed by atoms with van der Waals surface area (Å²) in [5.74, 6) is 0.216. The topological polar surface area (TPSA) is 154 Å². The maximum atomic E-state index is 14.0. The van der Waals surface area contributed by atoms with E-state index in [-0.39, 0.29) is 39.7 Å². The number of carbonyl (C=O) groups excluding carboxylic acids is 3. The predicted molar refractivity (Wildman–Crippen MR) is 190 cm³/mol. The van der Waals surface area contributed by atoms with E-state index >= 15 is 0 Å². The Morgan fingerprint density at radius 1 is 1.02 bits per heavy atom. The number of benzene rings is 1. The van der Waals surface area contributed by atoms with Gasteiger partial charge in [-0.05, 0) is 66.0 Å². The number of esters is 1. The first-order chi connectivity index (χ1) is 23.4. The molecule has 3 N–H and O–H groups in total. The van der Waals surface area contributed by atoms with Crippen LogP contribution >= 0.6 is 11.3 Å². The Bertz CT molecular complexity index is 1770. The smallest absolute Gasteiger partial charge is 0.357 e. The molecule has 3 aromatic rings. The molecule has 0 saturated heterocycles. The van der Waals surface area contributed by atoms with Crippen LogP contribution in [0.15, 0.2) is 29.1 Å². The Hall–Kier alpha value is -4.65. The maximum absolute atomic E-state index is 14.0. The molecule has 13 heteroatoms. The Morgan fingerprint density at radius 3 is 2.33 bits per heavy atom. The molecule has 2 amide bonds. The zero-order chi connectivity index (χ0) is 36.0. The average Bonchev–Trinajstić information content (AvgIpc) is 3.30. The van der Waals surface area contributed by atoms with Crippen LogP contribution < -0.4 is 35.6 Å². The highest BCUT2D eigenvalue weighted by Crippen LogP contribution is 2.50. The lowest BCUT2D eigenvalue weighted by molar-refractivity contribution is -0.120. The molecule has 0 spiro atoms. The molecule has 2 aromatic carbocycles. The second kappa shape index (κ2) is 16.2. The Morgan fingerprint density at radius 2 is 1.73 bits per heavy atom. The van der Waals surface area contributed by atoms with Gasteiger partial charge in [-0.25, -0.2) is 9.78 Å². The van der Waals surface area contributed by atoms with Gasteiger partial charge in [-0.3, -0.25) is 14.4 Å². The molecule has 49 heavy (non-hydrogen) atoms. The molecule has 1 aliphatic rings. The van der Waals surface area contributed by atoms with Crippen molar-refractivity contribution in [2.75, 3.05) is 39.1 Å². The van der Waals surface area contributed by atoms with E-state index in [1.807, 2.05) is 33.8 Å². The molecule has 0 aliphatic heterocycles. The number of nitrogens with one attached hydrogen (secondary N) is 3. The first-order valence-corrected chi connectivity index (χ1v) is 17.1. The number of methoxy groups -OCH3 is 4. The molecule has 4 rings (SSSR count). The molecule has 1 heterocycles. The third-order valence-corrected chi connectivity index (χ3v) is 9.62. The quantitative estimate of drug-likeness (QED) is 0.188. The summed E-state index contributed by atoms with van der Waals surface area (Å²) in [6.07, 6.45) is 2.32. The van der Waals surface area contributed by atoms with Crippen LogP contribution in [0.2, 0.25) is 0 Å². The van der Waals surface area contributed by atoms with E-state index in [1.54, 1.807) is 26.4 Å². The minimum atomic E-state index is -0.823. The van der Waals surface area contributed by atoms with Gasteiger partial charge in [0.1, 0.15) is 6.04 Å². The van der Waals surface area contributed by atoms with Gasteiger partial charge < -0.3 is 34.9 Å². The number of aromatic nitrogens is 1. The molecule has 0 radical (unpaired) electrons. The number of nitrogens with zero attached hydrogens (tertiary/aromatic N) is 1. The van der Waals surface area contributed by atoms with Crippen molar-refractivity contribution in [1.29, 1.82) is 0 Å². The maximum Gasteiger partial charge on any atom is 0.357 e. The molecular formula is C36H46N4O8S. The monoisotopic (exact) mass is 694 g/mol. The number of hydrogen-bond acceptors (Lipinski definition) is 11. The second-order valence-corrected chi connectivity index (χ2v) is 13.6. The predicted octanol–water partition coefficient (Wildman–Crippen LogP) is 5.77. The van der Waals surface area contributed by atoms with E-state index in [0.717, 1.165) is 16.0 Å². The Kier molecular flexibility index (Phi) is 12.3. The van der Waals surface area contributed by atoms with Gasteiger partial charge in [0.05, 0.1) is 40.2 Å². The number of anilines is 2. The van der Waals surface area contributed by atoms with Crippen molar-refractivity contribution in [3.05, 3.63) is 56.2 Å². The molecule has 3 atom stereocenters. The minimum Gasteiger partial charge on any atom is -0.493 e. The van der Waals surface area contributed by atoms with Crippen LogP contribution in [0.4, 0.5) is 10.8 Å². The summed E-state index contributed by atoms with van der Waals surface area (Å²) >= 11 is 1.23. The van der Waals surface area contributed by atoms with Crippen LogP contribution in [-0.4, -0.2) is 57.2 Å². The number of ether oxygens (including phenoxy) is 4. The zero-order valence-corrected chi connectivity index (χ0v) is 30.4. The van der Waals surface area contributed by atoms with E-state index in [0.29, 0.717) is 54.1 Å². The lowest BCUT2D eigenvalue weighted by Gasteiger charge is -2.23. The molecule has 0 unspecified atom stereocenters. The molecular weight excluding hydrogens is 648 g/mol. The first kappa shape index (κ1) is 37.2. The van der Waals surface area contributed by atoms with E-state index in [1.165, 1.54) is 38.5 Å². The van der Waals surface area contributed by atoms with Gasteiger partial charge in [0.25, 0.3) is 0 Å². The van der Waals surface area contributed by atoms with Gasteiger partial charge in [-0.2, -0.15) is 0 Å². The summed E-state index contributed by atoms with van der Waals surface area (Å²) < 4.78 is 22.1. The number of rotatable bonds is 13. The van der Waals surface area contributed by atoms with Gasteiger partial charge in [0.2, 0.25) is 23.0 Å². The largest absolute Gasteiger partial charge is 0.493 e. The van der Waals surface area contributed by atoms with Crippen LogP contribution in [0.3, 0.4) is 0 Å². The fourth-order valence-corrected chi connectivity index (χ4v) is 7.21. The fraction of sp³-hybridized carbons (Fsp3) is 0.472. The Labute approximate surface area is 290 Å². The van der Waals surface area contributed by atoms with Crippen molar-refractivity contribution in [3.63, 3.8) is 0 Å². The van der Waals surface area contributed by atoms with E-state index in [9.17, 15) is 19.2 Å².